The van der Waals surface area contributed by atoms with Crippen LogP contribution in [0.25, 0.3) is 11.1 Å². The van der Waals surface area contributed by atoms with Gasteiger partial charge in [-0.1, -0.05) is 48.5 Å². The second kappa shape index (κ2) is 8.86. The van der Waals surface area contributed by atoms with Crippen molar-refractivity contribution >= 4 is 11.9 Å². The topological polar surface area (TPSA) is 73.9 Å². The molecule has 1 aliphatic carbocycles. The Balaban J connectivity index is 0.00000289. The highest BCUT2D eigenvalue weighted by atomic mass is 16.7. The van der Waals surface area contributed by atoms with E-state index in [1.54, 1.807) is 0 Å². The van der Waals surface area contributed by atoms with E-state index in [0.717, 1.165) is 57.7 Å². The first kappa shape index (κ1) is 22.0. The van der Waals surface area contributed by atoms with E-state index in [4.69, 9.17) is 9.47 Å². The molecule has 1 aliphatic heterocycles. The quantitative estimate of drug-likeness (QED) is 0.517. The lowest BCUT2D eigenvalue weighted by atomic mass is 9.87. The van der Waals surface area contributed by atoms with Gasteiger partial charge in [0.05, 0.1) is 12.5 Å². The molecule has 0 aromatic heterocycles. The molecule has 2 aliphatic rings. The smallest absolute Gasteiger partial charge is 0.407 e. The van der Waals surface area contributed by atoms with E-state index in [-0.39, 0.29) is 14.0 Å². The summed E-state index contributed by atoms with van der Waals surface area (Å²) >= 11 is 0. The van der Waals surface area contributed by atoms with Crippen molar-refractivity contribution in [2.24, 2.45) is 0 Å². The lowest BCUT2D eigenvalue weighted by molar-refractivity contribution is -0.120. The number of benzene rings is 3. The highest BCUT2D eigenvalue weighted by Gasteiger charge is 2.50. The standard InChI is InChI=1S/C28H27NO5.H2/c1-18-3-4-20(13-23(18)21-7-5-19(6-8-21)16-29-27(31)32-2)14-26(30)28(11-12-28)22-9-10-24-25(15-22)34-17-33-24;/h3-10,13,15H,11-12,14,16-17H2,1-2H3,(H,29,31);1H. The molecule has 3 aromatic carbocycles. The molecule has 0 bridgehead atoms. The summed E-state index contributed by atoms with van der Waals surface area (Å²) < 4.78 is 15.5. The van der Waals surface area contributed by atoms with Crippen LogP contribution in [0.1, 0.15) is 36.5 Å². The molecule has 0 unspecified atom stereocenters. The first-order valence-electron chi connectivity index (χ1n) is 11.4. The molecule has 0 atom stereocenters. The minimum Gasteiger partial charge on any atom is -0.454 e. The van der Waals surface area contributed by atoms with Crippen molar-refractivity contribution in [2.75, 3.05) is 13.9 Å². The lowest BCUT2D eigenvalue weighted by Crippen LogP contribution is -2.22. The first-order valence-corrected chi connectivity index (χ1v) is 11.4. The number of aryl methyl sites for hydroxylation is 1. The third-order valence-corrected chi connectivity index (χ3v) is 6.76. The minimum absolute atomic E-state index is 0. The monoisotopic (exact) mass is 459 g/mol. The third kappa shape index (κ3) is 4.23. The summed E-state index contributed by atoms with van der Waals surface area (Å²) in [4.78, 5) is 24.7. The van der Waals surface area contributed by atoms with Crippen LogP contribution in [-0.4, -0.2) is 25.8 Å². The Morgan fingerprint density at radius 2 is 1.71 bits per heavy atom. The summed E-state index contributed by atoms with van der Waals surface area (Å²) in [5, 5.41) is 2.68. The number of rotatable bonds is 7. The normalized spacial score (nSPS) is 15.0. The van der Waals surface area contributed by atoms with Gasteiger partial charge in [0, 0.05) is 14.4 Å². The highest BCUT2D eigenvalue weighted by molar-refractivity contribution is 5.95. The van der Waals surface area contributed by atoms with Crippen LogP contribution in [0.5, 0.6) is 11.5 Å². The summed E-state index contributed by atoms with van der Waals surface area (Å²) in [6.07, 6.45) is 1.67. The highest BCUT2D eigenvalue weighted by Crippen LogP contribution is 2.51. The SMILES string of the molecule is COC(=O)NCc1ccc(-c2cc(CC(=O)C3(c4ccc5c(c4)OCO5)CC3)ccc2C)cc1.[HH]. The number of hydrogen-bond acceptors (Lipinski definition) is 5. The fraction of sp³-hybridized carbons (Fsp3) is 0.286. The van der Waals surface area contributed by atoms with Crippen molar-refractivity contribution in [1.29, 1.82) is 0 Å². The number of carbonyl (C=O) groups excluding carboxylic acids is 2. The van der Waals surface area contributed by atoms with Crippen LogP contribution in [0.4, 0.5) is 4.79 Å². The number of nitrogens with one attached hydrogen (secondary N) is 1. The summed E-state index contributed by atoms with van der Waals surface area (Å²) in [5.74, 6) is 1.70. The molecule has 1 saturated carbocycles. The molecule has 1 amide bonds. The van der Waals surface area contributed by atoms with Crippen LogP contribution in [-0.2, 0) is 27.9 Å². The van der Waals surface area contributed by atoms with E-state index in [9.17, 15) is 9.59 Å². The van der Waals surface area contributed by atoms with Crippen LogP contribution in [0.2, 0.25) is 0 Å². The largest absolute Gasteiger partial charge is 0.454 e. The fourth-order valence-corrected chi connectivity index (χ4v) is 4.54. The average Bonchev–Trinajstić information content (AvgIpc) is 3.54. The molecule has 1 N–H and O–H groups in total. The van der Waals surface area contributed by atoms with E-state index < -0.39 is 11.5 Å². The van der Waals surface area contributed by atoms with Gasteiger partial charge < -0.3 is 19.5 Å². The summed E-state index contributed by atoms with van der Waals surface area (Å²) in [6.45, 7) is 2.71. The molecular weight excluding hydrogens is 430 g/mol. The number of ketones is 1. The molecule has 0 spiro atoms. The Kier molecular flexibility index (Phi) is 5.74. The average molecular weight is 460 g/mol. The van der Waals surface area contributed by atoms with Gasteiger partial charge in [0.25, 0.3) is 0 Å². The van der Waals surface area contributed by atoms with E-state index in [1.807, 2.05) is 48.5 Å². The number of carbonyl (C=O) groups is 2. The molecule has 176 valence electrons. The maximum absolute atomic E-state index is 13.4. The Morgan fingerprint density at radius 3 is 2.44 bits per heavy atom. The van der Waals surface area contributed by atoms with Crippen molar-refractivity contribution in [3.05, 3.63) is 82.9 Å². The number of methoxy groups -OCH3 is 1. The van der Waals surface area contributed by atoms with E-state index in [2.05, 4.69) is 29.1 Å². The minimum atomic E-state index is -0.452. The van der Waals surface area contributed by atoms with Crippen molar-refractivity contribution < 1.29 is 25.2 Å². The fourth-order valence-electron chi connectivity index (χ4n) is 4.54. The molecule has 1 heterocycles. The maximum Gasteiger partial charge on any atom is 0.407 e. The zero-order valence-corrected chi connectivity index (χ0v) is 19.4. The van der Waals surface area contributed by atoms with Crippen LogP contribution in [0, 0.1) is 6.92 Å². The van der Waals surface area contributed by atoms with Gasteiger partial charge in [-0.3, -0.25) is 4.79 Å². The van der Waals surface area contributed by atoms with Crippen molar-refractivity contribution in [1.82, 2.24) is 5.32 Å². The number of alkyl carbamates (subject to hydrolysis) is 1. The van der Waals surface area contributed by atoms with Crippen LogP contribution in [0.3, 0.4) is 0 Å². The third-order valence-electron chi connectivity index (χ3n) is 6.76. The van der Waals surface area contributed by atoms with Gasteiger partial charge in [-0.05, 0) is 65.3 Å². The maximum atomic E-state index is 13.4. The Bertz CT molecular complexity index is 1250. The van der Waals surface area contributed by atoms with Gasteiger partial charge in [-0.25, -0.2) is 4.79 Å². The molecule has 0 saturated heterocycles. The van der Waals surface area contributed by atoms with Gasteiger partial charge in [-0.2, -0.15) is 0 Å². The van der Waals surface area contributed by atoms with Gasteiger partial charge in [0.2, 0.25) is 6.79 Å². The van der Waals surface area contributed by atoms with Crippen molar-refractivity contribution in [2.45, 2.75) is 38.1 Å². The van der Waals surface area contributed by atoms with Gasteiger partial charge >= 0.3 is 6.09 Å². The molecule has 0 radical (unpaired) electrons. The molecule has 1 fully saturated rings. The Hall–Kier alpha value is -3.80. The molecule has 34 heavy (non-hydrogen) atoms. The second-order valence-electron chi connectivity index (χ2n) is 8.94. The predicted octanol–water partition coefficient (Wildman–Crippen LogP) is 5.34. The molecule has 6 nitrogen and oxygen atoms in total. The van der Waals surface area contributed by atoms with Crippen LogP contribution < -0.4 is 14.8 Å². The Labute approximate surface area is 200 Å². The first-order chi connectivity index (χ1) is 16.5. The Morgan fingerprint density at radius 1 is 0.971 bits per heavy atom. The van der Waals surface area contributed by atoms with E-state index in [1.165, 1.54) is 7.11 Å². The van der Waals surface area contributed by atoms with E-state index >= 15 is 0 Å². The number of hydrogen-bond donors (Lipinski definition) is 1. The second-order valence-corrected chi connectivity index (χ2v) is 8.94. The van der Waals surface area contributed by atoms with Crippen molar-refractivity contribution in [3.63, 3.8) is 0 Å². The zero-order chi connectivity index (χ0) is 23.7. The van der Waals surface area contributed by atoms with Crippen LogP contribution >= 0.6 is 0 Å². The number of Topliss-reactive ketones (excluding diaryl/α,β-unsaturated/α-hetero) is 1. The predicted molar refractivity (Wildman–Crippen MR) is 130 cm³/mol. The number of amides is 1. The zero-order valence-electron chi connectivity index (χ0n) is 19.4. The van der Waals surface area contributed by atoms with Gasteiger partial charge in [0.15, 0.2) is 11.5 Å². The molecule has 3 aromatic rings. The lowest BCUT2D eigenvalue weighted by Gasteiger charge is -2.16. The van der Waals surface area contributed by atoms with Crippen molar-refractivity contribution in [3.8, 4) is 22.6 Å². The van der Waals surface area contributed by atoms with E-state index in [0.29, 0.717) is 13.0 Å². The molecular formula is C28H29NO5. The summed E-state index contributed by atoms with van der Waals surface area (Å²) in [5.41, 5.74) is 5.92. The van der Waals surface area contributed by atoms with Gasteiger partial charge in [-0.15, -0.1) is 0 Å². The summed E-state index contributed by atoms with van der Waals surface area (Å²) in [6, 6.07) is 20.1. The van der Waals surface area contributed by atoms with Gasteiger partial charge in [0.1, 0.15) is 5.78 Å². The molecule has 5 rings (SSSR count). The molecule has 6 heteroatoms. The number of ether oxygens (including phenoxy) is 3. The summed E-state index contributed by atoms with van der Waals surface area (Å²) in [7, 11) is 1.35. The number of fused-ring (bicyclic) bond motifs is 1. The van der Waals surface area contributed by atoms with Crippen LogP contribution in [0.15, 0.2) is 60.7 Å².